The van der Waals surface area contributed by atoms with E-state index in [-0.39, 0.29) is 0 Å². The quantitative estimate of drug-likeness (QED) is 0.686. The second-order valence-corrected chi connectivity index (χ2v) is 4.02. The number of allylic oxidation sites excluding steroid dienone is 1. The first-order chi connectivity index (χ1) is 6.77. The van der Waals surface area contributed by atoms with Gasteiger partial charge in [0.25, 0.3) is 0 Å². The number of hydrogen-bond acceptors (Lipinski definition) is 1. The van der Waals surface area contributed by atoms with Crippen LogP contribution in [0, 0.1) is 0 Å². The molecule has 1 aliphatic heterocycles. The normalized spacial score (nSPS) is 15.9. The molecular formula is C13H17N. The van der Waals surface area contributed by atoms with Gasteiger partial charge in [0.15, 0.2) is 0 Å². The van der Waals surface area contributed by atoms with Crippen molar-refractivity contribution in [2.45, 2.75) is 19.8 Å². The van der Waals surface area contributed by atoms with E-state index in [0.717, 1.165) is 5.57 Å². The highest BCUT2D eigenvalue weighted by molar-refractivity contribution is 5.64. The zero-order chi connectivity index (χ0) is 9.97. The lowest BCUT2D eigenvalue weighted by Gasteiger charge is -2.17. The smallest absolute Gasteiger partial charge is 0.0366 e. The number of nitrogens with zero attached hydrogens (tertiary/aromatic N) is 1. The van der Waals surface area contributed by atoms with E-state index in [2.05, 4.69) is 35.7 Å². The Morgan fingerprint density at radius 3 is 2.21 bits per heavy atom. The van der Waals surface area contributed by atoms with Crippen LogP contribution in [0.4, 0.5) is 5.69 Å². The third-order valence-corrected chi connectivity index (χ3v) is 2.83. The van der Waals surface area contributed by atoms with Gasteiger partial charge in [0, 0.05) is 18.8 Å². The van der Waals surface area contributed by atoms with Crippen molar-refractivity contribution >= 4 is 11.3 Å². The zero-order valence-electron chi connectivity index (χ0n) is 8.79. The molecule has 0 spiro atoms. The highest BCUT2D eigenvalue weighted by Crippen LogP contribution is 2.22. The fourth-order valence-electron chi connectivity index (χ4n) is 1.93. The fraction of sp³-hybridized carbons (Fsp3) is 0.385. The summed E-state index contributed by atoms with van der Waals surface area (Å²) in [6, 6.07) is 8.73. The summed E-state index contributed by atoms with van der Waals surface area (Å²) in [6.45, 7) is 8.41. The molecule has 0 radical (unpaired) electrons. The van der Waals surface area contributed by atoms with Gasteiger partial charge in [-0.15, -0.1) is 0 Å². The largest absolute Gasteiger partial charge is 0.372 e. The van der Waals surface area contributed by atoms with Crippen LogP contribution >= 0.6 is 0 Å². The molecular weight excluding hydrogens is 170 g/mol. The molecule has 14 heavy (non-hydrogen) atoms. The van der Waals surface area contributed by atoms with Gasteiger partial charge in [-0.3, -0.25) is 0 Å². The van der Waals surface area contributed by atoms with Crippen LogP contribution < -0.4 is 4.90 Å². The Morgan fingerprint density at radius 2 is 1.71 bits per heavy atom. The predicted octanol–water partition coefficient (Wildman–Crippen LogP) is 3.32. The lowest BCUT2D eigenvalue weighted by molar-refractivity contribution is 0.949. The first-order valence-electron chi connectivity index (χ1n) is 5.28. The molecule has 1 fully saturated rings. The third-order valence-electron chi connectivity index (χ3n) is 2.83. The first-order valence-corrected chi connectivity index (χ1v) is 5.28. The molecule has 1 aliphatic rings. The number of anilines is 1. The van der Waals surface area contributed by atoms with Crippen molar-refractivity contribution in [3.05, 3.63) is 36.4 Å². The van der Waals surface area contributed by atoms with Crippen molar-refractivity contribution < 1.29 is 0 Å². The Hall–Kier alpha value is -1.24. The van der Waals surface area contributed by atoms with Gasteiger partial charge in [-0.05, 0) is 37.5 Å². The molecule has 1 aromatic carbocycles. The Bertz CT molecular complexity index is 318. The van der Waals surface area contributed by atoms with Crippen LogP contribution in [0.2, 0.25) is 0 Å². The molecule has 0 atom stereocenters. The van der Waals surface area contributed by atoms with Crippen molar-refractivity contribution in [1.82, 2.24) is 0 Å². The van der Waals surface area contributed by atoms with E-state index >= 15 is 0 Å². The van der Waals surface area contributed by atoms with Crippen molar-refractivity contribution in [2.24, 2.45) is 0 Å². The van der Waals surface area contributed by atoms with Crippen LogP contribution in [-0.2, 0) is 0 Å². The van der Waals surface area contributed by atoms with Gasteiger partial charge in [-0.1, -0.05) is 24.3 Å². The summed E-state index contributed by atoms with van der Waals surface area (Å²) in [6.07, 6.45) is 2.67. The van der Waals surface area contributed by atoms with Gasteiger partial charge < -0.3 is 4.90 Å². The molecule has 0 amide bonds. The summed E-state index contributed by atoms with van der Waals surface area (Å²) < 4.78 is 0. The minimum Gasteiger partial charge on any atom is -0.372 e. The Kier molecular flexibility index (Phi) is 2.58. The number of hydrogen-bond donors (Lipinski definition) is 0. The van der Waals surface area contributed by atoms with E-state index in [1.165, 1.54) is 37.2 Å². The number of rotatable bonds is 2. The summed E-state index contributed by atoms with van der Waals surface area (Å²) in [5.41, 5.74) is 3.73. The van der Waals surface area contributed by atoms with E-state index in [1.54, 1.807) is 0 Å². The fourth-order valence-corrected chi connectivity index (χ4v) is 1.93. The van der Waals surface area contributed by atoms with Crippen LogP contribution in [-0.4, -0.2) is 13.1 Å². The molecule has 1 heteroatoms. The van der Waals surface area contributed by atoms with Gasteiger partial charge >= 0.3 is 0 Å². The van der Waals surface area contributed by atoms with Gasteiger partial charge in [-0.25, -0.2) is 0 Å². The Balaban J connectivity index is 2.16. The van der Waals surface area contributed by atoms with Crippen LogP contribution in [0.1, 0.15) is 25.3 Å². The zero-order valence-corrected chi connectivity index (χ0v) is 8.79. The van der Waals surface area contributed by atoms with Gasteiger partial charge in [0.05, 0.1) is 0 Å². The average Bonchev–Trinajstić information content (AvgIpc) is 2.71. The summed E-state index contributed by atoms with van der Waals surface area (Å²) >= 11 is 0. The van der Waals surface area contributed by atoms with Crippen molar-refractivity contribution in [2.75, 3.05) is 18.0 Å². The van der Waals surface area contributed by atoms with E-state index in [1.807, 2.05) is 6.92 Å². The molecule has 74 valence electrons. The average molecular weight is 187 g/mol. The van der Waals surface area contributed by atoms with E-state index in [0.29, 0.717) is 0 Å². The molecule has 0 N–H and O–H groups in total. The summed E-state index contributed by atoms with van der Waals surface area (Å²) in [5, 5.41) is 0. The predicted molar refractivity (Wildman–Crippen MR) is 62.6 cm³/mol. The topological polar surface area (TPSA) is 3.24 Å². The highest BCUT2D eigenvalue weighted by atomic mass is 15.1. The van der Waals surface area contributed by atoms with Gasteiger partial charge in [-0.2, -0.15) is 0 Å². The van der Waals surface area contributed by atoms with E-state index in [9.17, 15) is 0 Å². The molecule has 1 heterocycles. The molecule has 0 aliphatic carbocycles. The maximum Gasteiger partial charge on any atom is 0.0366 e. The third kappa shape index (κ3) is 1.82. The standard InChI is InChI=1S/C13H17N/c1-11(2)12-5-7-13(8-6-12)14-9-3-4-10-14/h5-8H,1,3-4,9-10H2,2H3. The Labute approximate surface area is 86.1 Å². The molecule has 0 aromatic heterocycles. The monoisotopic (exact) mass is 187 g/mol. The van der Waals surface area contributed by atoms with Gasteiger partial charge in [0.2, 0.25) is 0 Å². The Morgan fingerprint density at radius 1 is 1.14 bits per heavy atom. The van der Waals surface area contributed by atoms with Crippen LogP contribution in [0.15, 0.2) is 30.8 Å². The summed E-state index contributed by atoms with van der Waals surface area (Å²) in [7, 11) is 0. The number of benzene rings is 1. The molecule has 1 saturated heterocycles. The summed E-state index contributed by atoms with van der Waals surface area (Å²) in [5.74, 6) is 0. The second-order valence-electron chi connectivity index (χ2n) is 4.02. The van der Waals surface area contributed by atoms with Gasteiger partial charge in [0.1, 0.15) is 0 Å². The van der Waals surface area contributed by atoms with Crippen LogP contribution in [0.25, 0.3) is 5.57 Å². The molecule has 2 rings (SSSR count). The first kappa shape index (κ1) is 9.32. The van der Waals surface area contributed by atoms with E-state index < -0.39 is 0 Å². The molecule has 0 bridgehead atoms. The van der Waals surface area contributed by atoms with Crippen molar-refractivity contribution in [3.8, 4) is 0 Å². The maximum atomic E-state index is 3.94. The van der Waals surface area contributed by atoms with Crippen molar-refractivity contribution in [1.29, 1.82) is 0 Å². The lowest BCUT2D eigenvalue weighted by atomic mass is 10.1. The highest BCUT2D eigenvalue weighted by Gasteiger charge is 2.11. The van der Waals surface area contributed by atoms with Crippen molar-refractivity contribution in [3.63, 3.8) is 0 Å². The SMILES string of the molecule is C=C(C)c1ccc(N2CCCC2)cc1. The molecule has 0 unspecified atom stereocenters. The van der Waals surface area contributed by atoms with Crippen LogP contribution in [0.3, 0.4) is 0 Å². The van der Waals surface area contributed by atoms with E-state index in [4.69, 9.17) is 0 Å². The second kappa shape index (κ2) is 3.87. The minimum absolute atomic E-state index is 1.14. The minimum atomic E-state index is 1.14. The molecule has 1 aromatic rings. The maximum absolute atomic E-state index is 3.94. The van der Waals surface area contributed by atoms with Crippen LogP contribution in [0.5, 0.6) is 0 Å². The molecule has 0 saturated carbocycles. The lowest BCUT2D eigenvalue weighted by Crippen LogP contribution is -2.17. The molecule has 1 nitrogen and oxygen atoms in total. The summed E-state index contributed by atoms with van der Waals surface area (Å²) in [4.78, 5) is 2.45.